The van der Waals surface area contributed by atoms with Crippen molar-refractivity contribution in [1.29, 1.82) is 0 Å². The van der Waals surface area contributed by atoms with Crippen LogP contribution in [-0.4, -0.2) is 17.1 Å². The minimum absolute atomic E-state index is 0.222. The fourth-order valence-electron chi connectivity index (χ4n) is 1.38. The van der Waals surface area contributed by atoms with Gasteiger partial charge in [0.05, 0.1) is 12.1 Å². The summed E-state index contributed by atoms with van der Waals surface area (Å²) in [5.74, 6) is -2.29. The number of halogens is 2. The Hall–Kier alpha value is -1.49. The largest absolute Gasteiger partial charge is 0.386 e. The molecule has 0 spiro atoms. The molecule has 0 radical (unpaired) electrons. The van der Waals surface area contributed by atoms with Crippen molar-refractivity contribution in [1.82, 2.24) is 5.32 Å². The zero-order chi connectivity index (χ0) is 12.3. The standard InChI is InChI=1S/C11H13F2NO2/c1-6(14-7(2)15)11(16)8-3-4-9(12)10(13)5-8/h3-6,11,16H,1-2H3,(H,14,15). The first-order valence-corrected chi connectivity index (χ1v) is 4.82. The second-order valence-corrected chi connectivity index (χ2v) is 3.61. The predicted molar refractivity (Wildman–Crippen MR) is 54.6 cm³/mol. The molecule has 0 saturated carbocycles. The van der Waals surface area contributed by atoms with E-state index >= 15 is 0 Å². The van der Waals surface area contributed by atoms with Gasteiger partial charge < -0.3 is 10.4 Å². The lowest BCUT2D eigenvalue weighted by molar-refractivity contribution is -0.120. The van der Waals surface area contributed by atoms with Crippen LogP contribution in [0, 0.1) is 11.6 Å². The van der Waals surface area contributed by atoms with Crippen LogP contribution in [0.1, 0.15) is 25.5 Å². The van der Waals surface area contributed by atoms with E-state index in [0.717, 1.165) is 12.1 Å². The molecular weight excluding hydrogens is 216 g/mol. The zero-order valence-corrected chi connectivity index (χ0v) is 9.00. The average Bonchev–Trinajstić information content (AvgIpc) is 2.20. The van der Waals surface area contributed by atoms with E-state index in [9.17, 15) is 18.7 Å². The highest BCUT2D eigenvalue weighted by Gasteiger charge is 2.18. The zero-order valence-electron chi connectivity index (χ0n) is 9.00. The summed E-state index contributed by atoms with van der Waals surface area (Å²) in [7, 11) is 0. The Kier molecular flexibility index (Phi) is 3.95. The summed E-state index contributed by atoms with van der Waals surface area (Å²) in [6.07, 6.45) is -1.07. The number of aliphatic hydroxyl groups excluding tert-OH is 1. The number of nitrogens with one attached hydrogen (secondary N) is 1. The molecular formula is C11H13F2NO2. The Morgan fingerprint density at radius 3 is 2.50 bits per heavy atom. The summed E-state index contributed by atoms with van der Waals surface area (Å²) in [5, 5.41) is 12.2. The highest BCUT2D eigenvalue weighted by molar-refractivity contribution is 5.73. The van der Waals surface area contributed by atoms with E-state index in [4.69, 9.17) is 0 Å². The normalized spacial score (nSPS) is 14.3. The molecule has 0 saturated heterocycles. The summed E-state index contributed by atoms with van der Waals surface area (Å²) in [5.41, 5.74) is 0.222. The van der Waals surface area contributed by atoms with E-state index in [1.165, 1.54) is 13.0 Å². The van der Waals surface area contributed by atoms with Gasteiger partial charge in [-0.15, -0.1) is 0 Å². The minimum atomic E-state index is -1.07. The third-order valence-corrected chi connectivity index (χ3v) is 2.19. The molecule has 2 unspecified atom stereocenters. The van der Waals surface area contributed by atoms with Crippen LogP contribution >= 0.6 is 0 Å². The minimum Gasteiger partial charge on any atom is -0.386 e. The first-order chi connectivity index (χ1) is 7.41. The smallest absolute Gasteiger partial charge is 0.217 e. The van der Waals surface area contributed by atoms with Crippen molar-refractivity contribution in [2.45, 2.75) is 26.0 Å². The summed E-state index contributed by atoms with van der Waals surface area (Å²) in [4.78, 5) is 10.8. The summed E-state index contributed by atoms with van der Waals surface area (Å²) in [6.45, 7) is 2.89. The Balaban J connectivity index is 2.83. The molecule has 16 heavy (non-hydrogen) atoms. The van der Waals surface area contributed by atoms with Gasteiger partial charge >= 0.3 is 0 Å². The van der Waals surface area contributed by atoms with Crippen LogP contribution in [0.25, 0.3) is 0 Å². The lowest BCUT2D eigenvalue weighted by atomic mass is 10.0. The molecule has 0 aliphatic heterocycles. The second-order valence-electron chi connectivity index (χ2n) is 3.61. The summed E-state index contributed by atoms with van der Waals surface area (Å²) >= 11 is 0. The summed E-state index contributed by atoms with van der Waals surface area (Å²) in [6, 6.07) is 2.57. The predicted octanol–water partition coefficient (Wildman–Crippen LogP) is 1.52. The fraction of sp³-hybridized carbons (Fsp3) is 0.364. The van der Waals surface area contributed by atoms with E-state index < -0.39 is 23.8 Å². The number of aliphatic hydroxyl groups is 1. The van der Waals surface area contributed by atoms with E-state index in [0.29, 0.717) is 0 Å². The molecule has 1 amide bonds. The number of benzene rings is 1. The van der Waals surface area contributed by atoms with Crippen LogP contribution < -0.4 is 5.32 Å². The molecule has 1 aromatic rings. The monoisotopic (exact) mass is 229 g/mol. The highest BCUT2D eigenvalue weighted by Crippen LogP contribution is 2.19. The maximum Gasteiger partial charge on any atom is 0.217 e. The molecule has 2 N–H and O–H groups in total. The van der Waals surface area contributed by atoms with Crippen molar-refractivity contribution in [3.05, 3.63) is 35.4 Å². The van der Waals surface area contributed by atoms with E-state index in [2.05, 4.69) is 5.32 Å². The van der Waals surface area contributed by atoms with Crippen molar-refractivity contribution in [2.75, 3.05) is 0 Å². The van der Waals surface area contributed by atoms with Crippen molar-refractivity contribution in [3.8, 4) is 0 Å². The summed E-state index contributed by atoms with van der Waals surface area (Å²) < 4.78 is 25.5. The van der Waals surface area contributed by atoms with Gasteiger partial charge in [-0.2, -0.15) is 0 Å². The van der Waals surface area contributed by atoms with Crippen molar-refractivity contribution in [3.63, 3.8) is 0 Å². The third-order valence-electron chi connectivity index (χ3n) is 2.19. The van der Waals surface area contributed by atoms with Crippen LogP contribution in [0.2, 0.25) is 0 Å². The Labute approximate surface area is 92.1 Å². The molecule has 0 heterocycles. The number of carbonyl (C=O) groups excluding carboxylic acids is 1. The van der Waals surface area contributed by atoms with Crippen LogP contribution in [0.15, 0.2) is 18.2 Å². The Bertz CT molecular complexity index is 396. The lowest BCUT2D eigenvalue weighted by Gasteiger charge is -2.19. The highest BCUT2D eigenvalue weighted by atomic mass is 19.2. The van der Waals surface area contributed by atoms with E-state index in [1.54, 1.807) is 6.92 Å². The third kappa shape index (κ3) is 3.00. The quantitative estimate of drug-likeness (QED) is 0.825. The number of hydrogen-bond acceptors (Lipinski definition) is 2. The molecule has 3 nitrogen and oxygen atoms in total. The molecule has 2 atom stereocenters. The maximum absolute atomic E-state index is 12.9. The number of amides is 1. The van der Waals surface area contributed by atoms with E-state index in [-0.39, 0.29) is 11.5 Å². The van der Waals surface area contributed by atoms with Gasteiger partial charge in [-0.25, -0.2) is 8.78 Å². The number of carbonyl (C=O) groups is 1. The van der Waals surface area contributed by atoms with Gasteiger partial charge in [-0.1, -0.05) is 6.07 Å². The first-order valence-electron chi connectivity index (χ1n) is 4.82. The average molecular weight is 229 g/mol. The molecule has 5 heteroatoms. The van der Waals surface area contributed by atoms with Gasteiger partial charge in [0, 0.05) is 6.92 Å². The van der Waals surface area contributed by atoms with Gasteiger partial charge in [0.1, 0.15) is 0 Å². The SMILES string of the molecule is CC(=O)NC(C)C(O)c1ccc(F)c(F)c1. The van der Waals surface area contributed by atoms with Crippen LogP contribution in [-0.2, 0) is 4.79 Å². The number of rotatable bonds is 3. The lowest BCUT2D eigenvalue weighted by Crippen LogP contribution is -2.35. The van der Waals surface area contributed by atoms with Crippen molar-refractivity contribution >= 4 is 5.91 Å². The molecule has 0 aliphatic carbocycles. The second kappa shape index (κ2) is 5.03. The molecule has 0 bridgehead atoms. The van der Waals surface area contributed by atoms with E-state index in [1.807, 2.05) is 0 Å². The molecule has 0 aromatic heterocycles. The van der Waals surface area contributed by atoms with Crippen LogP contribution in [0.5, 0.6) is 0 Å². The van der Waals surface area contributed by atoms with Crippen LogP contribution in [0.3, 0.4) is 0 Å². The molecule has 1 aromatic carbocycles. The van der Waals surface area contributed by atoms with Crippen molar-refractivity contribution in [2.24, 2.45) is 0 Å². The first kappa shape index (κ1) is 12.6. The van der Waals surface area contributed by atoms with Gasteiger partial charge in [0.2, 0.25) is 5.91 Å². The fourth-order valence-corrected chi connectivity index (χ4v) is 1.38. The molecule has 0 aliphatic rings. The van der Waals surface area contributed by atoms with Crippen LogP contribution in [0.4, 0.5) is 8.78 Å². The molecule has 1 rings (SSSR count). The van der Waals surface area contributed by atoms with Gasteiger partial charge in [0.15, 0.2) is 11.6 Å². The molecule has 0 fully saturated rings. The van der Waals surface area contributed by atoms with Crippen molar-refractivity contribution < 1.29 is 18.7 Å². The maximum atomic E-state index is 12.9. The Morgan fingerprint density at radius 1 is 1.38 bits per heavy atom. The van der Waals surface area contributed by atoms with Gasteiger partial charge in [-0.05, 0) is 24.6 Å². The number of hydrogen-bond donors (Lipinski definition) is 2. The molecule has 88 valence electrons. The van der Waals surface area contributed by atoms with Gasteiger partial charge in [0.25, 0.3) is 0 Å². The topological polar surface area (TPSA) is 49.3 Å². The Morgan fingerprint density at radius 2 is 2.00 bits per heavy atom. The van der Waals surface area contributed by atoms with Gasteiger partial charge in [-0.3, -0.25) is 4.79 Å².